The number of rotatable bonds is 3. The number of aryl methyl sites for hydroxylation is 1. The zero-order valence-corrected chi connectivity index (χ0v) is 13.4. The zero-order valence-electron chi connectivity index (χ0n) is 12.6. The molecule has 118 valence electrons. The Hall–Kier alpha value is -2.80. The van der Waals surface area contributed by atoms with Crippen LogP contribution in [0.15, 0.2) is 42.5 Å². The predicted molar refractivity (Wildman–Crippen MR) is 92.7 cm³/mol. The van der Waals surface area contributed by atoms with Crippen molar-refractivity contribution in [2.75, 3.05) is 5.32 Å². The summed E-state index contributed by atoms with van der Waals surface area (Å²) in [4.78, 5) is 22.5. The van der Waals surface area contributed by atoms with E-state index in [0.717, 1.165) is 11.1 Å². The van der Waals surface area contributed by atoms with E-state index in [-0.39, 0.29) is 16.7 Å². The number of nitrogens with one attached hydrogen (secondary N) is 2. The molecule has 2 N–H and O–H groups in total. The van der Waals surface area contributed by atoms with Crippen LogP contribution < -0.4 is 10.6 Å². The fourth-order valence-corrected chi connectivity index (χ4v) is 2.24. The number of nitro benzene ring substituents is 1. The van der Waals surface area contributed by atoms with E-state index in [1.807, 2.05) is 19.9 Å². The summed E-state index contributed by atoms with van der Waals surface area (Å²) >= 11 is 5.08. The van der Waals surface area contributed by atoms with Crippen LogP contribution in [0.4, 0.5) is 11.4 Å². The highest BCUT2D eigenvalue weighted by molar-refractivity contribution is 7.80. The van der Waals surface area contributed by atoms with Gasteiger partial charge in [-0.25, -0.2) is 0 Å². The van der Waals surface area contributed by atoms with Crippen molar-refractivity contribution in [1.29, 1.82) is 0 Å². The lowest BCUT2D eigenvalue weighted by Gasteiger charge is -2.11. The van der Waals surface area contributed by atoms with Crippen LogP contribution in [0.2, 0.25) is 0 Å². The molecule has 0 aliphatic heterocycles. The molecule has 23 heavy (non-hydrogen) atoms. The van der Waals surface area contributed by atoms with Gasteiger partial charge >= 0.3 is 0 Å². The number of amides is 1. The molecule has 0 aromatic heterocycles. The van der Waals surface area contributed by atoms with Crippen molar-refractivity contribution in [2.24, 2.45) is 0 Å². The van der Waals surface area contributed by atoms with Crippen LogP contribution in [-0.2, 0) is 0 Å². The minimum Gasteiger partial charge on any atom is -0.332 e. The molecule has 0 aliphatic rings. The second-order valence-corrected chi connectivity index (χ2v) is 5.37. The zero-order chi connectivity index (χ0) is 17.0. The largest absolute Gasteiger partial charge is 0.332 e. The molecule has 0 aliphatic carbocycles. The minimum absolute atomic E-state index is 0.0568. The maximum atomic E-state index is 12.2. The van der Waals surface area contributed by atoms with Gasteiger partial charge < -0.3 is 5.32 Å². The average molecular weight is 329 g/mol. The van der Waals surface area contributed by atoms with Crippen molar-refractivity contribution in [2.45, 2.75) is 13.8 Å². The second-order valence-electron chi connectivity index (χ2n) is 4.96. The van der Waals surface area contributed by atoms with Crippen LogP contribution in [0.1, 0.15) is 21.5 Å². The van der Waals surface area contributed by atoms with Gasteiger partial charge in [0.05, 0.1) is 4.92 Å². The second kappa shape index (κ2) is 6.97. The lowest BCUT2D eigenvalue weighted by atomic mass is 10.0. The summed E-state index contributed by atoms with van der Waals surface area (Å²) in [6, 6.07) is 11.3. The predicted octanol–water partition coefficient (Wildman–Crippen LogP) is 3.34. The summed E-state index contributed by atoms with van der Waals surface area (Å²) in [6.07, 6.45) is 0. The summed E-state index contributed by atoms with van der Waals surface area (Å²) in [5.74, 6) is -0.325. The molecular weight excluding hydrogens is 314 g/mol. The van der Waals surface area contributed by atoms with Crippen molar-refractivity contribution in [1.82, 2.24) is 5.32 Å². The van der Waals surface area contributed by atoms with Crippen molar-refractivity contribution < 1.29 is 9.72 Å². The van der Waals surface area contributed by atoms with E-state index < -0.39 is 4.92 Å². The highest BCUT2D eigenvalue weighted by Crippen LogP contribution is 2.17. The molecule has 0 atom stereocenters. The Labute approximate surface area is 138 Å². The summed E-state index contributed by atoms with van der Waals surface area (Å²) in [6.45, 7) is 3.78. The van der Waals surface area contributed by atoms with Crippen LogP contribution in [0, 0.1) is 24.0 Å². The summed E-state index contributed by atoms with van der Waals surface area (Å²) in [7, 11) is 0. The van der Waals surface area contributed by atoms with Gasteiger partial charge in [-0.05, 0) is 49.3 Å². The number of carbonyl (C=O) groups is 1. The summed E-state index contributed by atoms with van der Waals surface area (Å²) in [5.41, 5.74) is 2.80. The Morgan fingerprint density at radius 3 is 2.57 bits per heavy atom. The number of thiocarbonyl (C=S) groups is 1. The fraction of sp³-hybridized carbons (Fsp3) is 0.125. The molecule has 2 aromatic carbocycles. The Kier molecular flexibility index (Phi) is 5.02. The first kappa shape index (κ1) is 16.6. The molecule has 0 saturated heterocycles. The van der Waals surface area contributed by atoms with Gasteiger partial charge in [-0.2, -0.15) is 0 Å². The van der Waals surface area contributed by atoms with E-state index in [0.29, 0.717) is 11.3 Å². The first-order chi connectivity index (χ1) is 10.9. The van der Waals surface area contributed by atoms with Gasteiger partial charge in [0, 0.05) is 23.4 Å². The van der Waals surface area contributed by atoms with Crippen LogP contribution in [0.25, 0.3) is 0 Å². The van der Waals surface area contributed by atoms with Crippen molar-refractivity contribution >= 4 is 34.6 Å². The van der Waals surface area contributed by atoms with Gasteiger partial charge in [-0.1, -0.05) is 18.2 Å². The summed E-state index contributed by atoms with van der Waals surface area (Å²) < 4.78 is 0. The van der Waals surface area contributed by atoms with Gasteiger partial charge in [-0.3, -0.25) is 20.2 Å². The van der Waals surface area contributed by atoms with E-state index in [2.05, 4.69) is 10.6 Å². The third-order valence-corrected chi connectivity index (χ3v) is 3.60. The van der Waals surface area contributed by atoms with Crippen LogP contribution in [0.3, 0.4) is 0 Å². The molecule has 1 amide bonds. The number of hydrogen-bond donors (Lipinski definition) is 2. The Balaban J connectivity index is 2.07. The first-order valence-corrected chi connectivity index (χ1v) is 7.22. The number of carbonyl (C=O) groups excluding carboxylic acids is 1. The lowest BCUT2D eigenvalue weighted by molar-refractivity contribution is -0.384. The molecular formula is C16H15N3O3S. The molecule has 6 nitrogen and oxygen atoms in total. The van der Waals surface area contributed by atoms with Crippen LogP contribution in [0.5, 0.6) is 0 Å². The molecule has 2 aromatic rings. The molecule has 0 fully saturated rings. The number of benzene rings is 2. The molecule has 7 heteroatoms. The standard InChI is InChI=1S/C16H15N3O3S/c1-10-5-3-8-14(11(10)2)15(20)18-16(23)17-12-6-4-7-13(9-12)19(21)22/h3-9H,1-2H3,(H2,17,18,20,23). The third-order valence-electron chi connectivity index (χ3n) is 3.39. The fourth-order valence-electron chi connectivity index (χ4n) is 2.03. The van der Waals surface area contributed by atoms with Crippen LogP contribution in [-0.4, -0.2) is 15.9 Å². The lowest BCUT2D eigenvalue weighted by Crippen LogP contribution is -2.34. The quantitative estimate of drug-likeness (QED) is 0.512. The SMILES string of the molecule is Cc1cccc(C(=O)NC(=S)Nc2cccc([N+](=O)[O-])c2)c1C. The van der Waals surface area contributed by atoms with Gasteiger partial charge in [0.25, 0.3) is 11.6 Å². The van der Waals surface area contributed by atoms with E-state index in [1.54, 1.807) is 18.2 Å². The Bertz CT molecular complexity index is 790. The number of hydrogen-bond acceptors (Lipinski definition) is 4. The number of nitrogens with zero attached hydrogens (tertiary/aromatic N) is 1. The molecule has 0 bridgehead atoms. The molecule has 0 heterocycles. The Morgan fingerprint density at radius 1 is 1.17 bits per heavy atom. The number of anilines is 1. The minimum atomic E-state index is -0.497. The van der Waals surface area contributed by atoms with Crippen molar-refractivity contribution in [3.05, 3.63) is 69.3 Å². The maximum absolute atomic E-state index is 12.2. The van der Waals surface area contributed by atoms with Crippen molar-refractivity contribution in [3.63, 3.8) is 0 Å². The molecule has 2 rings (SSSR count). The molecule has 0 saturated carbocycles. The topological polar surface area (TPSA) is 84.3 Å². The third kappa shape index (κ3) is 4.10. The maximum Gasteiger partial charge on any atom is 0.271 e. The van der Waals surface area contributed by atoms with Gasteiger partial charge in [-0.15, -0.1) is 0 Å². The number of nitro groups is 1. The monoisotopic (exact) mass is 329 g/mol. The van der Waals surface area contributed by atoms with E-state index in [9.17, 15) is 14.9 Å². The smallest absolute Gasteiger partial charge is 0.271 e. The first-order valence-electron chi connectivity index (χ1n) is 6.81. The van der Waals surface area contributed by atoms with Gasteiger partial charge in [0.2, 0.25) is 0 Å². The molecule has 0 radical (unpaired) electrons. The van der Waals surface area contributed by atoms with Crippen molar-refractivity contribution in [3.8, 4) is 0 Å². The summed E-state index contributed by atoms with van der Waals surface area (Å²) in [5, 5.41) is 16.2. The number of non-ortho nitro benzene ring substituents is 1. The normalized spacial score (nSPS) is 10.0. The van der Waals surface area contributed by atoms with E-state index in [4.69, 9.17) is 12.2 Å². The van der Waals surface area contributed by atoms with E-state index >= 15 is 0 Å². The average Bonchev–Trinajstić information content (AvgIpc) is 2.50. The highest BCUT2D eigenvalue weighted by atomic mass is 32.1. The Morgan fingerprint density at radius 2 is 1.87 bits per heavy atom. The van der Waals surface area contributed by atoms with Gasteiger partial charge in [0.15, 0.2) is 5.11 Å². The molecule has 0 spiro atoms. The molecule has 0 unspecified atom stereocenters. The van der Waals surface area contributed by atoms with E-state index in [1.165, 1.54) is 18.2 Å². The highest BCUT2D eigenvalue weighted by Gasteiger charge is 2.12. The van der Waals surface area contributed by atoms with Crippen LogP contribution >= 0.6 is 12.2 Å². The van der Waals surface area contributed by atoms with Gasteiger partial charge in [0.1, 0.15) is 0 Å².